The molecule has 2 N–H and O–H groups in total. The minimum absolute atomic E-state index is 0.0422. The number of halogens is 1. The first-order chi connectivity index (χ1) is 15.4. The van der Waals surface area contributed by atoms with E-state index in [1.54, 1.807) is 36.4 Å². The Kier molecular flexibility index (Phi) is 6.55. The number of benzene rings is 2. The molecule has 4 rings (SSSR count). The summed E-state index contributed by atoms with van der Waals surface area (Å²) >= 11 is 5.79. The molecule has 8 heteroatoms. The third-order valence-electron chi connectivity index (χ3n) is 6.32. The van der Waals surface area contributed by atoms with Crippen molar-refractivity contribution >= 4 is 35.2 Å². The average Bonchev–Trinajstić information content (AvgIpc) is 3.43. The zero-order valence-corrected chi connectivity index (χ0v) is 18.0. The van der Waals surface area contributed by atoms with Crippen molar-refractivity contribution in [2.45, 2.75) is 19.3 Å². The van der Waals surface area contributed by atoms with Gasteiger partial charge < -0.3 is 4.74 Å². The molecule has 0 aromatic heterocycles. The third kappa shape index (κ3) is 4.67. The van der Waals surface area contributed by atoms with Crippen LogP contribution in [0.1, 0.15) is 40.0 Å². The number of ketones is 1. The van der Waals surface area contributed by atoms with Crippen molar-refractivity contribution in [2.75, 3.05) is 6.61 Å². The van der Waals surface area contributed by atoms with Gasteiger partial charge in [-0.25, -0.2) is 0 Å². The van der Waals surface area contributed by atoms with Gasteiger partial charge >= 0.3 is 5.97 Å². The Bertz CT molecular complexity index is 1020. The first-order valence-electron chi connectivity index (χ1n) is 10.5. The second kappa shape index (κ2) is 9.53. The minimum Gasteiger partial charge on any atom is -0.455 e. The van der Waals surface area contributed by atoms with Crippen LogP contribution in [0.15, 0.2) is 54.6 Å². The monoisotopic (exact) mass is 454 g/mol. The van der Waals surface area contributed by atoms with Crippen LogP contribution in [0.25, 0.3) is 0 Å². The topological polar surface area (TPSA) is 102 Å². The molecule has 2 fully saturated rings. The summed E-state index contributed by atoms with van der Waals surface area (Å²) in [5, 5.41) is 0.488. The summed E-state index contributed by atoms with van der Waals surface area (Å²) in [6, 6.07) is 15.1. The summed E-state index contributed by atoms with van der Waals surface area (Å²) in [5.41, 5.74) is 5.38. The molecule has 2 aliphatic carbocycles. The van der Waals surface area contributed by atoms with E-state index < -0.39 is 36.2 Å². The first-order valence-corrected chi connectivity index (χ1v) is 10.9. The molecule has 2 bridgehead atoms. The molecule has 0 saturated heterocycles. The SMILES string of the molecule is O=C(COC(=O)[C@@H]1[C@H]2CC[C@@H](C2)[C@H]1C(=O)c1ccccc1)NNC(=O)c1ccc(Cl)cc1. The molecule has 2 aliphatic rings. The van der Waals surface area contributed by atoms with Gasteiger partial charge in [0.1, 0.15) is 0 Å². The highest BCUT2D eigenvalue weighted by atomic mass is 35.5. The van der Waals surface area contributed by atoms with Crippen LogP contribution in [0.5, 0.6) is 0 Å². The zero-order chi connectivity index (χ0) is 22.7. The lowest BCUT2D eigenvalue weighted by Gasteiger charge is -2.28. The molecule has 2 aromatic carbocycles. The van der Waals surface area contributed by atoms with E-state index in [2.05, 4.69) is 10.9 Å². The number of hydrogen-bond acceptors (Lipinski definition) is 5. The maximum atomic E-state index is 13.1. The molecule has 0 unspecified atom stereocenters. The van der Waals surface area contributed by atoms with Crippen LogP contribution in [-0.2, 0) is 14.3 Å². The predicted molar refractivity (Wildman–Crippen MR) is 117 cm³/mol. The van der Waals surface area contributed by atoms with Gasteiger partial charge in [-0.1, -0.05) is 41.9 Å². The fourth-order valence-electron chi connectivity index (χ4n) is 4.87. The molecule has 0 radical (unpaired) electrons. The van der Waals surface area contributed by atoms with Crippen molar-refractivity contribution in [3.05, 3.63) is 70.7 Å². The highest BCUT2D eigenvalue weighted by Gasteiger charge is 2.54. The Balaban J connectivity index is 1.31. The van der Waals surface area contributed by atoms with E-state index in [0.29, 0.717) is 16.1 Å². The van der Waals surface area contributed by atoms with Crippen LogP contribution in [0.2, 0.25) is 5.02 Å². The Morgan fingerprint density at radius 3 is 2.19 bits per heavy atom. The quantitative estimate of drug-likeness (QED) is 0.396. The molecule has 0 aliphatic heterocycles. The van der Waals surface area contributed by atoms with E-state index in [0.717, 1.165) is 19.3 Å². The van der Waals surface area contributed by atoms with E-state index in [9.17, 15) is 19.2 Å². The van der Waals surface area contributed by atoms with Gasteiger partial charge in [0.15, 0.2) is 12.4 Å². The lowest BCUT2D eigenvalue weighted by atomic mass is 9.75. The lowest BCUT2D eigenvalue weighted by molar-refractivity contribution is -0.155. The van der Waals surface area contributed by atoms with Crippen molar-refractivity contribution in [1.29, 1.82) is 0 Å². The fraction of sp³-hybridized carbons (Fsp3) is 0.333. The normalized spacial score (nSPS) is 23.4. The van der Waals surface area contributed by atoms with Gasteiger partial charge in [-0.05, 0) is 55.4 Å². The number of hydrogen-bond donors (Lipinski definition) is 2. The molecule has 2 aromatic rings. The number of fused-ring (bicyclic) bond motifs is 2. The average molecular weight is 455 g/mol. The highest BCUT2D eigenvalue weighted by Crippen LogP contribution is 2.53. The third-order valence-corrected chi connectivity index (χ3v) is 6.57. The van der Waals surface area contributed by atoms with Crippen LogP contribution in [0, 0.1) is 23.7 Å². The predicted octanol–water partition coefficient (Wildman–Crippen LogP) is 3.19. The smallest absolute Gasteiger partial charge is 0.310 e. The number of amides is 2. The number of ether oxygens (including phenoxy) is 1. The van der Waals surface area contributed by atoms with Gasteiger partial charge in [-0.15, -0.1) is 0 Å². The second-order valence-corrected chi connectivity index (χ2v) is 8.67. The molecule has 0 spiro atoms. The van der Waals surface area contributed by atoms with Gasteiger partial charge in [0.05, 0.1) is 5.92 Å². The van der Waals surface area contributed by atoms with Crippen molar-refractivity contribution in [1.82, 2.24) is 10.9 Å². The van der Waals surface area contributed by atoms with Crippen LogP contribution in [-0.4, -0.2) is 30.2 Å². The van der Waals surface area contributed by atoms with Crippen LogP contribution in [0.3, 0.4) is 0 Å². The van der Waals surface area contributed by atoms with E-state index in [-0.39, 0.29) is 17.6 Å². The van der Waals surface area contributed by atoms with Gasteiger partial charge in [-0.2, -0.15) is 0 Å². The van der Waals surface area contributed by atoms with Gasteiger partial charge in [0, 0.05) is 22.1 Å². The maximum Gasteiger partial charge on any atom is 0.310 e. The van der Waals surface area contributed by atoms with E-state index in [1.807, 2.05) is 6.07 Å². The standard InChI is InChI=1S/C24H23ClN2O5/c25-18-10-8-15(9-11-18)23(30)27-26-19(28)13-32-24(31)21-17-7-6-16(12-17)20(21)22(29)14-4-2-1-3-5-14/h1-5,8-11,16-17,20-21H,6-7,12-13H2,(H,26,28)(H,27,30)/t16-,17-,20+,21+/m0/s1. The largest absolute Gasteiger partial charge is 0.455 e. The lowest BCUT2D eigenvalue weighted by Crippen LogP contribution is -2.44. The first kappa shape index (κ1) is 22.0. The number of nitrogens with one attached hydrogen (secondary N) is 2. The maximum absolute atomic E-state index is 13.1. The van der Waals surface area contributed by atoms with Crippen molar-refractivity contribution in [3.8, 4) is 0 Å². The zero-order valence-electron chi connectivity index (χ0n) is 17.3. The molecular formula is C24H23ClN2O5. The number of esters is 1. The van der Waals surface area contributed by atoms with Crippen molar-refractivity contribution in [3.63, 3.8) is 0 Å². The number of hydrazine groups is 1. The molecule has 4 atom stereocenters. The number of rotatable bonds is 6. The molecular weight excluding hydrogens is 432 g/mol. The highest BCUT2D eigenvalue weighted by molar-refractivity contribution is 6.30. The number of carbonyl (C=O) groups is 4. The Labute approximate surface area is 190 Å². The molecule has 32 heavy (non-hydrogen) atoms. The minimum atomic E-state index is -0.672. The second-order valence-electron chi connectivity index (χ2n) is 8.23. The summed E-state index contributed by atoms with van der Waals surface area (Å²) in [7, 11) is 0. The summed E-state index contributed by atoms with van der Waals surface area (Å²) in [6.45, 7) is -0.542. The molecule has 7 nitrogen and oxygen atoms in total. The van der Waals surface area contributed by atoms with Crippen LogP contribution >= 0.6 is 11.6 Å². The molecule has 2 amide bonds. The van der Waals surface area contributed by atoms with E-state index in [4.69, 9.17) is 16.3 Å². The van der Waals surface area contributed by atoms with Crippen LogP contribution in [0.4, 0.5) is 0 Å². The van der Waals surface area contributed by atoms with Gasteiger partial charge in [0.2, 0.25) is 0 Å². The van der Waals surface area contributed by atoms with Crippen molar-refractivity contribution in [2.24, 2.45) is 23.7 Å². The number of carbonyl (C=O) groups excluding carboxylic acids is 4. The summed E-state index contributed by atoms with van der Waals surface area (Å²) in [5.74, 6) is -2.48. The molecule has 0 heterocycles. The number of Topliss-reactive ketones (excluding diaryl/α,β-unsaturated/α-hetero) is 1. The Morgan fingerprint density at radius 2 is 1.50 bits per heavy atom. The van der Waals surface area contributed by atoms with Gasteiger partial charge in [0.25, 0.3) is 11.8 Å². The fourth-order valence-corrected chi connectivity index (χ4v) is 5.00. The molecule has 2 saturated carbocycles. The molecule has 166 valence electrons. The Hall–Kier alpha value is -3.19. The van der Waals surface area contributed by atoms with E-state index in [1.165, 1.54) is 12.1 Å². The Morgan fingerprint density at radius 1 is 0.844 bits per heavy atom. The summed E-state index contributed by atoms with van der Waals surface area (Å²) in [6.07, 6.45) is 2.63. The summed E-state index contributed by atoms with van der Waals surface area (Å²) < 4.78 is 5.24. The summed E-state index contributed by atoms with van der Waals surface area (Å²) in [4.78, 5) is 50.0. The van der Waals surface area contributed by atoms with Crippen molar-refractivity contribution < 1.29 is 23.9 Å². The van der Waals surface area contributed by atoms with Crippen LogP contribution < -0.4 is 10.9 Å². The van der Waals surface area contributed by atoms with E-state index >= 15 is 0 Å². The van der Waals surface area contributed by atoms with Gasteiger partial charge in [-0.3, -0.25) is 30.0 Å².